The number of pyridine rings is 2. The van der Waals surface area contributed by atoms with Gasteiger partial charge < -0.3 is 11.1 Å². The molecule has 1 fully saturated rings. The highest BCUT2D eigenvalue weighted by Crippen LogP contribution is 2.35. The Kier molecular flexibility index (Phi) is 3.83. The number of benzene rings is 1. The third kappa shape index (κ3) is 2.84. The van der Waals surface area contributed by atoms with Crippen LogP contribution in [0.1, 0.15) is 24.4 Å². The lowest BCUT2D eigenvalue weighted by Gasteiger charge is -2.16. The molecule has 0 aliphatic carbocycles. The Bertz CT molecular complexity index is 1100. The second kappa shape index (κ2) is 6.48. The molecule has 0 spiro atoms. The molecular weight excluding hydrogens is 336 g/mol. The minimum Gasteiger partial charge on any atom is -0.383 e. The summed E-state index contributed by atoms with van der Waals surface area (Å²) in [5.41, 5.74) is 11.4. The van der Waals surface area contributed by atoms with E-state index in [1.807, 2.05) is 24.8 Å². The normalized spacial score (nSPS) is 16.8. The summed E-state index contributed by atoms with van der Waals surface area (Å²) in [6.45, 7) is 1.07. The first-order valence-electron chi connectivity index (χ1n) is 9.16. The predicted octanol–water partition coefficient (Wildman–Crippen LogP) is 3.69. The smallest absolute Gasteiger partial charge is 0.131 e. The standard InChI is InChI=1S/C21H20N6/c22-21-18(16-11-26-27-12-16)8-14(10-25-21)13-6-15-9-23-5-3-17(15)19(7-13)20-2-1-4-24-20/h3,5-12,20,24H,1-2,4H2,(H2,22,25)(H,26,27). The van der Waals surface area contributed by atoms with Gasteiger partial charge in [0, 0.05) is 52.9 Å². The number of fused-ring (bicyclic) bond motifs is 1. The first kappa shape index (κ1) is 16.0. The quantitative estimate of drug-likeness (QED) is 0.520. The average molecular weight is 356 g/mol. The van der Waals surface area contributed by atoms with Crippen molar-refractivity contribution in [3.05, 3.63) is 60.8 Å². The number of aromatic amines is 1. The molecule has 134 valence electrons. The van der Waals surface area contributed by atoms with Crippen LogP contribution in [0.4, 0.5) is 5.82 Å². The highest BCUT2D eigenvalue weighted by molar-refractivity contribution is 5.91. The molecule has 1 aliphatic rings. The van der Waals surface area contributed by atoms with E-state index in [0.29, 0.717) is 11.9 Å². The van der Waals surface area contributed by atoms with Crippen molar-refractivity contribution in [1.29, 1.82) is 0 Å². The summed E-state index contributed by atoms with van der Waals surface area (Å²) < 4.78 is 0. The summed E-state index contributed by atoms with van der Waals surface area (Å²) in [4.78, 5) is 8.74. The molecule has 1 atom stereocenters. The Labute approximate surface area is 156 Å². The van der Waals surface area contributed by atoms with Crippen LogP contribution in [-0.4, -0.2) is 26.7 Å². The fourth-order valence-electron chi connectivity index (χ4n) is 3.91. The number of H-pyrrole nitrogens is 1. The van der Waals surface area contributed by atoms with E-state index in [0.717, 1.165) is 40.6 Å². The van der Waals surface area contributed by atoms with Gasteiger partial charge in [-0.05, 0) is 60.2 Å². The lowest BCUT2D eigenvalue weighted by atomic mass is 9.93. The van der Waals surface area contributed by atoms with Gasteiger partial charge in [-0.1, -0.05) is 0 Å². The van der Waals surface area contributed by atoms with Crippen molar-refractivity contribution in [2.24, 2.45) is 0 Å². The number of nitrogens with two attached hydrogens (primary N) is 1. The molecule has 0 amide bonds. The van der Waals surface area contributed by atoms with Gasteiger partial charge in [0.25, 0.3) is 0 Å². The van der Waals surface area contributed by atoms with Crippen molar-refractivity contribution >= 4 is 16.6 Å². The Morgan fingerprint density at radius 1 is 1.04 bits per heavy atom. The van der Waals surface area contributed by atoms with Crippen molar-refractivity contribution in [2.75, 3.05) is 12.3 Å². The Morgan fingerprint density at radius 3 is 2.81 bits per heavy atom. The van der Waals surface area contributed by atoms with Crippen LogP contribution in [0.5, 0.6) is 0 Å². The summed E-state index contributed by atoms with van der Waals surface area (Å²) in [5, 5.41) is 12.9. The van der Waals surface area contributed by atoms with E-state index < -0.39 is 0 Å². The highest BCUT2D eigenvalue weighted by atomic mass is 15.1. The third-order valence-electron chi connectivity index (χ3n) is 5.28. The van der Waals surface area contributed by atoms with E-state index in [1.54, 1.807) is 6.20 Å². The minimum absolute atomic E-state index is 0.380. The van der Waals surface area contributed by atoms with Crippen LogP contribution < -0.4 is 11.1 Å². The number of rotatable bonds is 3. The van der Waals surface area contributed by atoms with Crippen molar-refractivity contribution < 1.29 is 0 Å². The van der Waals surface area contributed by atoms with Gasteiger partial charge in [-0.25, -0.2) is 4.98 Å². The van der Waals surface area contributed by atoms with Crippen LogP contribution in [0.2, 0.25) is 0 Å². The molecule has 6 heteroatoms. The van der Waals surface area contributed by atoms with Crippen LogP contribution >= 0.6 is 0 Å². The van der Waals surface area contributed by atoms with Crippen LogP contribution in [0.25, 0.3) is 33.0 Å². The number of hydrogen-bond donors (Lipinski definition) is 3. The monoisotopic (exact) mass is 356 g/mol. The number of anilines is 1. The molecule has 3 aromatic heterocycles. The van der Waals surface area contributed by atoms with Gasteiger partial charge in [0.15, 0.2) is 0 Å². The fourth-order valence-corrected chi connectivity index (χ4v) is 3.91. The molecule has 1 unspecified atom stereocenters. The fraction of sp³-hybridized carbons (Fsp3) is 0.190. The lowest BCUT2D eigenvalue weighted by Crippen LogP contribution is -2.13. The molecule has 1 aliphatic heterocycles. The molecule has 6 nitrogen and oxygen atoms in total. The average Bonchev–Trinajstić information content (AvgIpc) is 3.41. The molecule has 0 bridgehead atoms. The summed E-state index contributed by atoms with van der Waals surface area (Å²) in [6.07, 6.45) is 11.6. The maximum Gasteiger partial charge on any atom is 0.131 e. The molecule has 0 saturated carbocycles. The topological polar surface area (TPSA) is 92.5 Å². The molecule has 4 N–H and O–H groups in total. The zero-order chi connectivity index (χ0) is 18.2. The third-order valence-corrected chi connectivity index (χ3v) is 5.28. The van der Waals surface area contributed by atoms with Gasteiger partial charge >= 0.3 is 0 Å². The largest absolute Gasteiger partial charge is 0.383 e. The van der Waals surface area contributed by atoms with Crippen LogP contribution in [0, 0.1) is 0 Å². The first-order valence-corrected chi connectivity index (χ1v) is 9.16. The second-order valence-corrected chi connectivity index (χ2v) is 6.95. The minimum atomic E-state index is 0.380. The van der Waals surface area contributed by atoms with E-state index in [-0.39, 0.29) is 0 Å². The molecule has 1 saturated heterocycles. The summed E-state index contributed by atoms with van der Waals surface area (Å²) in [5.74, 6) is 0.500. The summed E-state index contributed by atoms with van der Waals surface area (Å²) in [6, 6.07) is 9.01. The van der Waals surface area contributed by atoms with E-state index in [9.17, 15) is 0 Å². The Hall–Kier alpha value is -3.25. The zero-order valence-corrected chi connectivity index (χ0v) is 14.8. The maximum absolute atomic E-state index is 6.11. The van der Waals surface area contributed by atoms with Crippen LogP contribution in [0.15, 0.2) is 55.2 Å². The number of nitrogen functional groups attached to an aromatic ring is 1. The van der Waals surface area contributed by atoms with Gasteiger partial charge in [0.05, 0.1) is 6.20 Å². The van der Waals surface area contributed by atoms with Crippen LogP contribution in [0.3, 0.4) is 0 Å². The highest BCUT2D eigenvalue weighted by Gasteiger charge is 2.20. The van der Waals surface area contributed by atoms with E-state index in [4.69, 9.17) is 5.73 Å². The van der Waals surface area contributed by atoms with Gasteiger partial charge in [-0.15, -0.1) is 0 Å². The zero-order valence-electron chi connectivity index (χ0n) is 14.8. The lowest BCUT2D eigenvalue weighted by molar-refractivity contribution is 0.653. The summed E-state index contributed by atoms with van der Waals surface area (Å²) >= 11 is 0. The maximum atomic E-state index is 6.11. The van der Waals surface area contributed by atoms with E-state index >= 15 is 0 Å². The predicted molar refractivity (Wildman–Crippen MR) is 107 cm³/mol. The molecule has 4 aromatic rings. The number of nitrogens with one attached hydrogen (secondary N) is 2. The van der Waals surface area contributed by atoms with E-state index in [2.05, 4.69) is 49.7 Å². The molecule has 27 heavy (non-hydrogen) atoms. The van der Waals surface area contributed by atoms with E-state index in [1.165, 1.54) is 17.4 Å². The van der Waals surface area contributed by atoms with Gasteiger partial charge in [0.2, 0.25) is 0 Å². The van der Waals surface area contributed by atoms with Crippen molar-refractivity contribution in [1.82, 2.24) is 25.5 Å². The van der Waals surface area contributed by atoms with Crippen molar-refractivity contribution in [3.8, 4) is 22.3 Å². The molecule has 5 rings (SSSR count). The van der Waals surface area contributed by atoms with Crippen molar-refractivity contribution in [3.63, 3.8) is 0 Å². The van der Waals surface area contributed by atoms with Gasteiger partial charge in [0.1, 0.15) is 5.82 Å². The summed E-state index contributed by atoms with van der Waals surface area (Å²) in [7, 11) is 0. The first-order chi connectivity index (χ1) is 13.3. The van der Waals surface area contributed by atoms with Crippen molar-refractivity contribution in [2.45, 2.75) is 18.9 Å². The van der Waals surface area contributed by atoms with Gasteiger partial charge in [-0.3, -0.25) is 10.1 Å². The number of nitrogens with zero attached hydrogens (tertiary/aromatic N) is 3. The Balaban J connectivity index is 1.68. The SMILES string of the molecule is Nc1ncc(-c2cc(C3CCCN3)c3ccncc3c2)cc1-c1cn[nH]c1. The molecule has 1 aromatic carbocycles. The molecule has 4 heterocycles. The molecule has 0 radical (unpaired) electrons. The Morgan fingerprint density at radius 2 is 2.00 bits per heavy atom. The number of hydrogen-bond acceptors (Lipinski definition) is 5. The van der Waals surface area contributed by atoms with Gasteiger partial charge in [-0.2, -0.15) is 5.10 Å². The number of aromatic nitrogens is 4. The van der Waals surface area contributed by atoms with Crippen LogP contribution in [-0.2, 0) is 0 Å². The second-order valence-electron chi connectivity index (χ2n) is 6.95. The molecular formula is C21H20N6.